The molecule has 1 atom stereocenters. The second kappa shape index (κ2) is 9.59. The lowest BCUT2D eigenvalue weighted by Crippen LogP contribution is -2.64. The van der Waals surface area contributed by atoms with Crippen LogP contribution in [0.15, 0.2) is 53.0 Å². The summed E-state index contributed by atoms with van der Waals surface area (Å²) in [6.45, 7) is 7.29. The molecule has 2 aromatic rings. The van der Waals surface area contributed by atoms with E-state index in [-0.39, 0.29) is 12.4 Å². The van der Waals surface area contributed by atoms with Crippen LogP contribution in [0.3, 0.4) is 0 Å². The SMILES string of the molecule is CCc1ccc(C(=O)[N+](Cl)(N(Cl)C(=O)c2cccc(Br)c2)C(C)(C)C)cc1.Cl. The van der Waals surface area contributed by atoms with Crippen molar-refractivity contribution in [2.45, 2.75) is 39.7 Å². The first kappa shape index (κ1) is 24.9. The van der Waals surface area contributed by atoms with Gasteiger partial charge in [-0.15, -0.1) is 12.4 Å². The van der Waals surface area contributed by atoms with Crippen molar-refractivity contribution in [3.8, 4) is 0 Å². The lowest BCUT2D eigenvalue weighted by molar-refractivity contribution is -0.871. The van der Waals surface area contributed by atoms with Gasteiger partial charge in [0.15, 0.2) is 0 Å². The third-order valence-corrected chi connectivity index (χ3v) is 6.01. The van der Waals surface area contributed by atoms with Crippen LogP contribution in [0.1, 0.15) is 54.0 Å². The minimum atomic E-state index is -0.925. The molecule has 2 aromatic carbocycles. The lowest BCUT2D eigenvalue weighted by atomic mass is 10.0. The van der Waals surface area contributed by atoms with E-state index >= 15 is 0 Å². The fourth-order valence-electron chi connectivity index (χ4n) is 2.56. The van der Waals surface area contributed by atoms with Crippen molar-refractivity contribution in [1.29, 1.82) is 0 Å². The maximum Gasteiger partial charge on any atom is 0.390 e. The topological polar surface area (TPSA) is 37.4 Å². The Hall–Kier alpha value is -1.11. The quantitative estimate of drug-likeness (QED) is 0.347. The molecule has 0 bridgehead atoms. The maximum absolute atomic E-state index is 13.3. The van der Waals surface area contributed by atoms with Gasteiger partial charge in [-0.25, -0.2) is 4.79 Å². The van der Waals surface area contributed by atoms with Crippen LogP contribution in [0.2, 0.25) is 0 Å². The molecule has 0 fully saturated rings. The number of rotatable bonds is 3. The van der Waals surface area contributed by atoms with Crippen LogP contribution in [-0.2, 0) is 6.42 Å². The highest BCUT2D eigenvalue weighted by atomic mass is 79.9. The van der Waals surface area contributed by atoms with Crippen LogP contribution < -0.4 is 0 Å². The second-order valence-electron chi connectivity index (χ2n) is 7.16. The molecular weight excluding hydrogens is 486 g/mol. The molecule has 1 unspecified atom stereocenters. The van der Waals surface area contributed by atoms with E-state index in [2.05, 4.69) is 15.9 Å². The van der Waals surface area contributed by atoms with Gasteiger partial charge in [-0.2, -0.15) is 0 Å². The molecule has 0 saturated heterocycles. The van der Waals surface area contributed by atoms with Crippen molar-refractivity contribution < 1.29 is 13.7 Å². The molecule has 4 nitrogen and oxygen atoms in total. The van der Waals surface area contributed by atoms with Crippen LogP contribution in [0, 0.1) is 0 Å². The first-order valence-electron chi connectivity index (χ1n) is 8.51. The Kier molecular flexibility index (Phi) is 8.54. The highest BCUT2D eigenvalue weighted by Gasteiger charge is 2.56. The van der Waals surface area contributed by atoms with Gasteiger partial charge in [0.1, 0.15) is 5.54 Å². The zero-order valence-corrected chi connectivity index (χ0v) is 20.0. The predicted molar refractivity (Wildman–Crippen MR) is 119 cm³/mol. The smallest absolute Gasteiger partial charge is 0.262 e. The Morgan fingerprint density at radius 3 is 2.11 bits per heavy atom. The Labute approximate surface area is 190 Å². The van der Waals surface area contributed by atoms with Gasteiger partial charge in [-0.3, -0.25) is 4.79 Å². The first-order chi connectivity index (χ1) is 12.5. The van der Waals surface area contributed by atoms with E-state index in [0.29, 0.717) is 11.1 Å². The molecule has 0 aliphatic rings. The summed E-state index contributed by atoms with van der Waals surface area (Å²) in [5.41, 5.74) is 0.916. The molecule has 8 heteroatoms. The number of carbonyl (C=O) groups excluding carboxylic acids is 2. The normalized spacial score (nSPS) is 13.2. The number of quaternary nitrogens is 1. The van der Waals surface area contributed by atoms with E-state index < -0.39 is 21.5 Å². The van der Waals surface area contributed by atoms with Gasteiger partial charge >= 0.3 is 11.8 Å². The zero-order chi connectivity index (χ0) is 20.4. The highest BCUT2D eigenvalue weighted by molar-refractivity contribution is 9.10. The first-order valence-corrected chi connectivity index (χ1v) is 9.98. The Morgan fingerprint density at radius 2 is 1.64 bits per heavy atom. The summed E-state index contributed by atoms with van der Waals surface area (Å²) in [6, 6.07) is 13.9. The van der Waals surface area contributed by atoms with E-state index in [1.165, 1.54) is 0 Å². The van der Waals surface area contributed by atoms with Crippen LogP contribution in [0.4, 0.5) is 0 Å². The van der Waals surface area contributed by atoms with Crippen LogP contribution in [-0.4, -0.2) is 26.0 Å². The van der Waals surface area contributed by atoms with Crippen LogP contribution >= 0.6 is 51.9 Å². The number of hydrogen-bond donors (Lipinski definition) is 0. The molecule has 0 radical (unpaired) electrons. The predicted octanol–water partition coefficient (Wildman–Crippen LogP) is 6.55. The van der Waals surface area contributed by atoms with Gasteiger partial charge in [-0.05, 0) is 67.2 Å². The number of aryl methyl sites for hydroxylation is 1. The fourth-order valence-corrected chi connectivity index (χ4v) is 3.51. The highest BCUT2D eigenvalue weighted by Crippen LogP contribution is 2.37. The number of carbonyl (C=O) groups is 2. The van der Waals surface area contributed by atoms with Crippen LogP contribution in [0.25, 0.3) is 0 Å². The van der Waals surface area contributed by atoms with Gasteiger partial charge in [0.25, 0.3) is 0 Å². The van der Waals surface area contributed by atoms with Gasteiger partial charge in [-0.1, -0.05) is 45.6 Å². The summed E-state index contributed by atoms with van der Waals surface area (Å²) in [6.07, 6.45) is 0.859. The summed E-state index contributed by atoms with van der Waals surface area (Å²) in [7, 11) is 0. The number of hydrogen-bond acceptors (Lipinski definition) is 2. The Bertz CT molecular complexity index is 853. The zero-order valence-electron chi connectivity index (χ0n) is 16.1. The molecule has 2 rings (SSSR count). The molecule has 2 amide bonds. The minimum absolute atomic E-state index is 0. The number of amides is 2. The molecule has 0 saturated carbocycles. The number of nitrogens with zero attached hydrogens (tertiary/aromatic N) is 2. The third kappa shape index (κ3) is 4.89. The van der Waals surface area contributed by atoms with Crippen molar-refractivity contribution in [3.63, 3.8) is 0 Å². The van der Waals surface area contributed by atoms with Crippen molar-refractivity contribution in [2.75, 3.05) is 0 Å². The van der Waals surface area contributed by atoms with E-state index in [4.69, 9.17) is 23.6 Å². The van der Waals surface area contributed by atoms with E-state index in [9.17, 15) is 9.59 Å². The van der Waals surface area contributed by atoms with Crippen molar-refractivity contribution >= 4 is 63.7 Å². The number of benzene rings is 2. The molecule has 0 aliphatic carbocycles. The van der Waals surface area contributed by atoms with Gasteiger partial charge < -0.3 is 0 Å². The molecule has 0 aromatic heterocycles. The average Bonchev–Trinajstić information content (AvgIpc) is 2.64. The summed E-state index contributed by atoms with van der Waals surface area (Å²) in [4.78, 5) is 26.3. The van der Waals surface area contributed by atoms with Crippen LogP contribution in [0.5, 0.6) is 0 Å². The second-order valence-corrected chi connectivity index (χ2v) is 8.88. The fraction of sp³-hybridized carbons (Fsp3) is 0.300. The molecule has 0 spiro atoms. The summed E-state index contributed by atoms with van der Waals surface area (Å²) < 4.78 is 0.563. The Morgan fingerprint density at radius 1 is 1.07 bits per heavy atom. The molecule has 0 N–H and O–H groups in total. The molecular formula is C20H23BrCl3N2O2+. The van der Waals surface area contributed by atoms with Crippen molar-refractivity contribution in [2.24, 2.45) is 0 Å². The average molecular weight is 510 g/mol. The van der Waals surface area contributed by atoms with Gasteiger partial charge in [0.2, 0.25) is 11.8 Å². The minimum Gasteiger partial charge on any atom is -0.262 e. The molecule has 28 heavy (non-hydrogen) atoms. The van der Waals surface area contributed by atoms with Gasteiger partial charge in [0.05, 0.1) is 17.3 Å². The lowest BCUT2D eigenvalue weighted by Gasteiger charge is -2.40. The summed E-state index contributed by atoms with van der Waals surface area (Å²) in [5, 5.41) is 0. The summed E-state index contributed by atoms with van der Waals surface area (Å²) >= 11 is 16.5. The molecule has 152 valence electrons. The largest absolute Gasteiger partial charge is 0.390 e. The Balaban J connectivity index is 0.00000392. The van der Waals surface area contributed by atoms with Crippen molar-refractivity contribution in [3.05, 3.63) is 69.7 Å². The van der Waals surface area contributed by atoms with Gasteiger partial charge in [0, 0.05) is 10.0 Å². The third-order valence-electron chi connectivity index (χ3n) is 4.25. The number of halogens is 4. The standard InChI is InChI=1S/C20H22BrCl2N2O2.ClH/c1-5-14-9-11-15(12-10-14)19(27)25(23,20(2,3)4)24(22)18(26)16-7-6-8-17(21)13-16;/h6-13H,5H2,1-4H3;1H/q+1;. The summed E-state index contributed by atoms with van der Waals surface area (Å²) in [5.74, 6) is -1.05. The molecule has 0 heterocycles. The maximum atomic E-state index is 13.3. The monoisotopic (exact) mass is 507 g/mol. The molecule has 0 aliphatic heterocycles. The van der Waals surface area contributed by atoms with Crippen molar-refractivity contribution in [1.82, 2.24) is 4.53 Å². The van der Waals surface area contributed by atoms with E-state index in [1.807, 2.05) is 19.1 Å². The van der Waals surface area contributed by atoms with E-state index in [1.54, 1.807) is 57.2 Å². The van der Waals surface area contributed by atoms with E-state index in [0.717, 1.165) is 21.0 Å².